The number of halogens is 2. The van der Waals surface area contributed by atoms with Gasteiger partial charge in [0.15, 0.2) is 11.6 Å². The van der Waals surface area contributed by atoms with Crippen molar-refractivity contribution in [1.82, 2.24) is 5.32 Å². The highest BCUT2D eigenvalue weighted by molar-refractivity contribution is 5.94. The average Bonchev–Trinajstić information content (AvgIpc) is 2.31. The van der Waals surface area contributed by atoms with Crippen LogP contribution in [0.4, 0.5) is 8.78 Å². The highest BCUT2D eigenvalue weighted by Gasteiger charge is 2.14. The first-order valence-corrected chi connectivity index (χ1v) is 5.46. The Balaban J connectivity index is 2.41. The van der Waals surface area contributed by atoms with Gasteiger partial charge in [0.25, 0.3) is 5.91 Å². The lowest BCUT2D eigenvalue weighted by atomic mass is 10.2. The summed E-state index contributed by atoms with van der Waals surface area (Å²) in [7, 11) is 0. The smallest absolute Gasteiger partial charge is 0.254 e. The van der Waals surface area contributed by atoms with Crippen molar-refractivity contribution in [2.24, 2.45) is 0 Å². The lowest BCUT2D eigenvalue weighted by molar-refractivity contribution is 0.0922. The monoisotopic (exact) mass is 255 g/mol. The number of hydrogen-bond acceptors (Lipinski definition) is 2. The van der Waals surface area contributed by atoms with Crippen molar-refractivity contribution in [1.29, 1.82) is 0 Å². The zero-order valence-electron chi connectivity index (χ0n) is 10.1. The van der Waals surface area contributed by atoms with Gasteiger partial charge in [-0.15, -0.1) is 0 Å². The van der Waals surface area contributed by atoms with Gasteiger partial charge in [0.05, 0.1) is 18.8 Å². The molecule has 0 radical (unpaired) electrons. The third-order valence-electron chi connectivity index (χ3n) is 2.08. The summed E-state index contributed by atoms with van der Waals surface area (Å²) in [5, 5.41) is 2.44. The Morgan fingerprint density at radius 2 is 2.17 bits per heavy atom. The zero-order chi connectivity index (χ0) is 13.5. The van der Waals surface area contributed by atoms with E-state index in [0.717, 1.165) is 11.6 Å². The molecule has 1 amide bonds. The van der Waals surface area contributed by atoms with Crippen LogP contribution in [0, 0.1) is 11.6 Å². The van der Waals surface area contributed by atoms with Crippen molar-refractivity contribution in [3.63, 3.8) is 0 Å². The lowest BCUT2D eigenvalue weighted by Gasteiger charge is -2.07. The first-order valence-electron chi connectivity index (χ1n) is 5.46. The second kappa shape index (κ2) is 6.86. The van der Waals surface area contributed by atoms with Crippen molar-refractivity contribution in [2.45, 2.75) is 6.92 Å². The molecule has 5 heteroatoms. The van der Waals surface area contributed by atoms with E-state index in [9.17, 15) is 13.6 Å². The third kappa shape index (κ3) is 4.25. The molecule has 98 valence electrons. The predicted molar refractivity (Wildman–Crippen MR) is 64.3 cm³/mol. The molecule has 0 atom stereocenters. The fourth-order valence-corrected chi connectivity index (χ4v) is 1.26. The maximum Gasteiger partial charge on any atom is 0.254 e. The van der Waals surface area contributed by atoms with E-state index in [4.69, 9.17) is 4.74 Å². The average molecular weight is 255 g/mol. The number of carbonyl (C=O) groups is 1. The number of amides is 1. The summed E-state index contributed by atoms with van der Waals surface area (Å²) in [5.74, 6) is -2.84. The molecule has 1 aromatic carbocycles. The normalized spacial score (nSPS) is 10.2. The Kier molecular flexibility index (Phi) is 5.45. The van der Waals surface area contributed by atoms with Crippen LogP contribution in [0.3, 0.4) is 0 Å². The number of nitrogens with one attached hydrogen (secondary N) is 1. The fourth-order valence-electron chi connectivity index (χ4n) is 1.26. The summed E-state index contributed by atoms with van der Waals surface area (Å²) in [6.07, 6.45) is 0. The van der Waals surface area contributed by atoms with E-state index in [1.807, 2.05) is 6.92 Å². The van der Waals surface area contributed by atoms with E-state index >= 15 is 0 Å². The molecule has 0 aliphatic rings. The predicted octanol–water partition coefficient (Wildman–Crippen LogP) is 2.29. The van der Waals surface area contributed by atoms with Gasteiger partial charge in [-0.2, -0.15) is 0 Å². The van der Waals surface area contributed by atoms with E-state index < -0.39 is 17.5 Å². The minimum Gasteiger partial charge on any atom is -0.375 e. The summed E-state index contributed by atoms with van der Waals surface area (Å²) in [4.78, 5) is 11.5. The molecule has 0 spiro atoms. The van der Waals surface area contributed by atoms with Gasteiger partial charge in [-0.25, -0.2) is 8.78 Å². The van der Waals surface area contributed by atoms with Crippen LogP contribution in [0.15, 0.2) is 30.4 Å². The van der Waals surface area contributed by atoms with Crippen molar-refractivity contribution in [2.75, 3.05) is 19.8 Å². The molecule has 0 heterocycles. The van der Waals surface area contributed by atoms with Crippen molar-refractivity contribution >= 4 is 5.91 Å². The SMILES string of the molecule is C=C(C)COCCNC(=O)c1cccc(F)c1F. The lowest BCUT2D eigenvalue weighted by Crippen LogP contribution is -2.28. The molecule has 18 heavy (non-hydrogen) atoms. The quantitative estimate of drug-likeness (QED) is 0.625. The van der Waals surface area contributed by atoms with Crippen LogP contribution < -0.4 is 5.32 Å². The van der Waals surface area contributed by atoms with Gasteiger partial charge in [-0.3, -0.25) is 4.79 Å². The first-order chi connectivity index (χ1) is 8.52. The Hall–Kier alpha value is -1.75. The minimum atomic E-state index is -1.14. The van der Waals surface area contributed by atoms with Gasteiger partial charge < -0.3 is 10.1 Å². The molecule has 0 saturated heterocycles. The van der Waals surface area contributed by atoms with E-state index in [0.29, 0.717) is 6.61 Å². The number of ether oxygens (including phenoxy) is 1. The van der Waals surface area contributed by atoms with Crippen molar-refractivity contribution < 1.29 is 18.3 Å². The highest BCUT2D eigenvalue weighted by Crippen LogP contribution is 2.10. The van der Waals surface area contributed by atoms with Crippen molar-refractivity contribution in [3.05, 3.63) is 47.5 Å². The van der Waals surface area contributed by atoms with Crippen molar-refractivity contribution in [3.8, 4) is 0 Å². The molecule has 3 nitrogen and oxygen atoms in total. The molecule has 0 aromatic heterocycles. The van der Waals surface area contributed by atoms with Crippen LogP contribution in [0.5, 0.6) is 0 Å². The summed E-state index contributed by atoms with van der Waals surface area (Å²) in [6.45, 7) is 6.39. The summed E-state index contributed by atoms with van der Waals surface area (Å²) >= 11 is 0. The van der Waals surface area contributed by atoms with Crippen LogP contribution in [0.25, 0.3) is 0 Å². The topological polar surface area (TPSA) is 38.3 Å². The Bertz CT molecular complexity index is 447. The summed E-state index contributed by atoms with van der Waals surface area (Å²) in [5.41, 5.74) is 0.562. The molecule has 1 rings (SSSR count). The Morgan fingerprint density at radius 1 is 1.44 bits per heavy atom. The molecule has 0 unspecified atom stereocenters. The maximum absolute atomic E-state index is 13.3. The summed E-state index contributed by atoms with van der Waals surface area (Å²) < 4.78 is 31.3. The molecule has 1 N–H and O–H groups in total. The van der Waals surface area contributed by atoms with Crippen LogP contribution in [0.2, 0.25) is 0 Å². The fraction of sp³-hybridized carbons (Fsp3) is 0.308. The molecule has 0 aliphatic carbocycles. The Morgan fingerprint density at radius 3 is 2.83 bits per heavy atom. The largest absolute Gasteiger partial charge is 0.375 e. The van der Waals surface area contributed by atoms with Crippen LogP contribution in [-0.2, 0) is 4.74 Å². The van der Waals surface area contributed by atoms with Gasteiger partial charge in [0, 0.05) is 6.54 Å². The van der Waals surface area contributed by atoms with Crippen LogP contribution in [-0.4, -0.2) is 25.7 Å². The minimum absolute atomic E-state index is 0.224. The second-order valence-corrected chi connectivity index (χ2v) is 3.87. The maximum atomic E-state index is 13.3. The molecule has 1 aromatic rings. The number of rotatable bonds is 6. The first kappa shape index (κ1) is 14.3. The van der Waals surface area contributed by atoms with Gasteiger partial charge in [0.1, 0.15) is 0 Å². The van der Waals surface area contributed by atoms with E-state index in [1.165, 1.54) is 12.1 Å². The van der Waals surface area contributed by atoms with Gasteiger partial charge in [0.2, 0.25) is 0 Å². The van der Waals surface area contributed by atoms with Gasteiger partial charge in [-0.05, 0) is 19.1 Å². The standard InChI is InChI=1S/C13H15F2NO2/c1-9(2)8-18-7-6-16-13(17)10-4-3-5-11(14)12(10)15/h3-5H,1,6-8H2,2H3,(H,16,17). The zero-order valence-corrected chi connectivity index (χ0v) is 10.1. The molecule has 0 saturated carbocycles. The summed E-state index contributed by atoms with van der Waals surface area (Å²) in [6, 6.07) is 3.47. The molecular formula is C13H15F2NO2. The number of hydrogen-bond donors (Lipinski definition) is 1. The van der Waals surface area contributed by atoms with Gasteiger partial charge in [-0.1, -0.05) is 18.2 Å². The Labute approximate surface area is 104 Å². The van der Waals surface area contributed by atoms with E-state index in [2.05, 4.69) is 11.9 Å². The highest BCUT2D eigenvalue weighted by atomic mass is 19.2. The second-order valence-electron chi connectivity index (χ2n) is 3.87. The number of benzene rings is 1. The molecule has 0 bridgehead atoms. The van der Waals surface area contributed by atoms with Crippen LogP contribution in [0.1, 0.15) is 17.3 Å². The van der Waals surface area contributed by atoms with Gasteiger partial charge >= 0.3 is 0 Å². The van der Waals surface area contributed by atoms with Crippen LogP contribution >= 0.6 is 0 Å². The number of carbonyl (C=O) groups excluding carboxylic acids is 1. The molecular weight excluding hydrogens is 240 g/mol. The molecule has 0 fully saturated rings. The third-order valence-corrected chi connectivity index (χ3v) is 2.08. The molecule has 0 aliphatic heterocycles. The van der Waals surface area contributed by atoms with E-state index in [-0.39, 0.29) is 18.7 Å². The van der Waals surface area contributed by atoms with E-state index in [1.54, 1.807) is 0 Å².